The zero-order chi connectivity index (χ0) is 15.1. The van der Waals surface area contributed by atoms with Gasteiger partial charge in [0.2, 0.25) is 5.91 Å². The van der Waals surface area contributed by atoms with Crippen LogP contribution in [0.4, 0.5) is 0 Å². The lowest BCUT2D eigenvalue weighted by atomic mass is 10.3. The molecule has 0 spiro atoms. The summed E-state index contributed by atoms with van der Waals surface area (Å²) in [6, 6.07) is 3.65. The lowest BCUT2D eigenvalue weighted by Crippen LogP contribution is -2.34. The molecule has 0 aliphatic heterocycles. The lowest BCUT2D eigenvalue weighted by molar-refractivity contribution is -0.121. The number of nitrogens with zero attached hydrogens (tertiary/aromatic N) is 3. The topological polar surface area (TPSA) is 69.0 Å². The molecule has 0 aliphatic carbocycles. The lowest BCUT2D eigenvalue weighted by Gasteiger charge is -2.15. The van der Waals surface area contributed by atoms with Gasteiger partial charge in [-0.25, -0.2) is 4.98 Å². The Bertz CT molecular complexity index is 568. The number of carbonyl (C=O) groups is 1. The molecular weight excluding hydrogens is 268 g/mol. The van der Waals surface area contributed by atoms with Crippen molar-refractivity contribution < 1.29 is 9.53 Å². The normalized spacial score (nSPS) is 11.9. The molecule has 1 amide bonds. The highest BCUT2D eigenvalue weighted by molar-refractivity contribution is 5.75. The van der Waals surface area contributed by atoms with Crippen LogP contribution < -0.4 is 10.1 Å². The van der Waals surface area contributed by atoms with Crippen LogP contribution in [0.2, 0.25) is 0 Å². The van der Waals surface area contributed by atoms with Crippen LogP contribution in [0.25, 0.3) is 0 Å². The number of nitrogens with one attached hydrogen (secondary N) is 1. The van der Waals surface area contributed by atoms with Gasteiger partial charge in [-0.1, -0.05) is 0 Å². The molecular formula is C15H20N4O2. The van der Waals surface area contributed by atoms with Gasteiger partial charge in [0.1, 0.15) is 17.7 Å². The van der Waals surface area contributed by atoms with Gasteiger partial charge in [-0.2, -0.15) is 0 Å². The third-order valence-corrected chi connectivity index (χ3v) is 3.06. The van der Waals surface area contributed by atoms with E-state index in [0.717, 1.165) is 5.82 Å². The SMILES string of the molecule is Cc1nccn1CCC(=O)NC[C@H](C)Oc1cccnc1. The van der Waals surface area contributed by atoms with Gasteiger partial charge in [0.05, 0.1) is 12.7 Å². The van der Waals surface area contributed by atoms with Gasteiger partial charge in [0.15, 0.2) is 0 Å². The molecule has 2 rings (SSSR count). The van der Waals surface area contributed by atoms with Gasteiger partial charge in [-0.3, -0.25) is 9.78 Å². The van der Waals surface area contributed by atoms with Gasteiger partial charge in [0.25, 0.3) is 0 Å². The summed E-state index contributed by atoms with van der Waals surface area (Å²) in [7, 11) is 0. The summed E-state index contributed by atoms with van der Waals surface area (Å²) in [6.07, 6.45) is 7.27. The molecule has 0 radical (unpaired) electrons. The number of amides is 1. The predicted octanol–water partition coefficient (Wildman–Crippen LogP) is 1.56. The van der Waals surface area contributed by atoms with Crippen molar-refractivity contribution in [3.63, 3.8) is 0 Å². The van der Waals surface area contributed by atoms with Crippen molar-refractivity contribution in [1.82, 2.24) is 19.9 Å². The molecule has 0 saturated carbocycles. The molecule has 0 bridgehead atoms. The van der Waals surface area contributed by atoms with Gasteiger partial charge >= 0.3 is 0 Å². The Morgan fingerprint density at radius 2 is 2.33 bits per heavy atom. The van der Waals surface area contributed by atoms with Crippen LogP contribution in [-0.2, 0) is 11.3 Å². The fourth-order valence-electron chi connectivity index (χ4n) is 1.90. The second kappa shape index (κ2) is 7.42. The molecule has 6 nitrogen and oxygen atoms in total. The van der Waals surface area contributed by atoms with Crippen LogP contribution >= 0.6 is 0 Å². The Labute approximate surface area is 124 Å². The highest BCUT2D eigenvalue weighted by Crippen LogP contribution is 2.08. The standard InChI is InChI=1S/C15H20N4O2/c1-12(21-14-4-3-6-16-11-14)10-18-15(20)5-8-19-9-7-17-13(19)2/h3-4,6-7,9,11-12H,5,8,10H2,1-2H3,(H,18,20)/t12-/m0/s1. The Balaban J connectivity index is 1.68. The van der Waals surface area contributed by atoms with Gasteiger partial charge < -0.3 is 14.6 Å². The molecule has 1 N–H and O–H groups in total. The fraction of sp³-hybridized carbons (Fsp3) is 0.400. The van der Waals surface area contributed by atoms with Crippen LogP contribution in [0.3, 0.4) is 0 Å². The zero-order valence-electron chi connectivity index (χ0n) is 12.3. The summed E-state index contributed by atoms with van der Waals surface area (Å²) in [4.78, 5) is 19.9. The van der Waals surface area contributed by atoms with Crippen LogP contribution in [0.1, 0.15) is 19.2 Å². The molecule has 0 fully saturated rings. The molecule has 0 saturated heterocycles. The summed E-state index contributed by atoms with van der Waals surface area (Å²) in [5.74, 6) is 1.62. The zero-order valence-corrected chi connectivity index (χ0v) is 12.3. The van der Waals surface area contributed by atoms with E-state index in [9.17, 15) is 4.79 Å². The van der Waals surface area contributed by atoms with Crippen molar-refractivity contribution in [3.8, 4) is 5.75 Å². The number of hydrogen-bond donors (Lipinski definition) is 1. The smallest absolute Gasteiger partial charge is 0.221 e. The van der Waals surface area contributed by atoms with Crippen molar-refractivity contribution in [2.24, 2.45) is 0 Å². The Hall–Kier alpha value is -2.37. The molecule has 0 aliphatic rings. The van der Waals surface area contributed by atoms with E-state index in [0.29, 0.717) is 25.3 Å². The third-order valence-electron chi connectivity index (χ3n) is 3.06. The first kappa shape index (κ1) is 15.0. The summed E-state index contributed by atoms with van der Waals surface area (Å²) in [5, 5.41) is 2.87. The quantitative estimate of drug-likeness (QED) is 0.839. The highest BCUT2D eigenvalue weighted by Gasteiger charge is 2.08. The first-order chi connectivity index (χ1) is 10.1. The minimum absolute atomic E-state index is 0.00439. The van der Waals surface area contributed by atoms with Crippen molar-refractivity contribution in [3.05, 3.63) is 42.7 Å². The van der Waals surface area contributed by atoms with Crippen molar-refractivity contribution in [1.29, 1.82) is 0 Å². The molecule has 112 valence electrons. The summed E-state index contributed by atoms with van der Waals surface area (Å²) in [5.41, 5.74) is 0. The second-order valence-corrected chi connectivity index (χ2v) is 4.84. The number of aromatic nitrogens is 3. The Morgan fingerprint density at radius 1 is 1.48 bits per heavy atom. The van der Waals surface area contributed by atoms with Crippen LogP contribution in [0, 0.1) is 6.92 Å². The first-order valence-electron chi connectivity index (χ1n) is 6.96. The van der Waals surface area contributed by atoms with Crippen LogP contribution in [-0.4, -0.2) is 33.1 Å². The van der Waals surface area contributed by atoms with E-state index in [1.807, 2.05) is 36.7 Å². The maximum atomic E-state index is 11.8. The van der Waals surface area contributed by atoms with Gasteiger partial charge in [-0.15, -0.1) is 0 Å². The maximum Gasteiger partial charge on any atom is 0.221 e. The van der Waals surface area contributed by atoms with Crippen LogP contribution in [0.5, 0.6) is 5.75 Å². The van der Waals surface area contributed by atoms with E-state index in [1.165, 1.54) is 0 Å². The summed E-state index contributed by atoms with van der Waals surface area (Å²) in [6.45, 7) is 4.93. The molecule has 2 heterocycles. The molecule has 1 atom stereocenters. The van der Waals surface area contributed by atoms with E-state index in [1.54, 1.807) is 18.6 Å². The minimum atomic E-state index is -0.104. The first-order valence-corrected chi connectivity index (χ1v) is 6.96. The average molecular weight is 288 g/mol. The van der Waals surface area contributed by atoms with E-state index < -0.39 is 0 Å². The van der Waals surface area contributed by atoms with Crippen molar-refractivity contribution in [2.45, 2.75) is 32.9 Å². The fourth-order valence-corrected chi connectivity index (χ4v) is 1.90. The van der Waals surface area contributed by atoms with E-state index in [-0.39, 0.29) is 12.0 Å². The molecule has 2 aromatic rings. The van der Waals surface area contributed by atoms with Crippen LogP contribution in [0.15, 0.2) is 36.9 Å². The summed E-state index contributed by atoms with van der Waals surface area (Å²) >= 11 is 0. The highest BCUT2D eigenvalue weighted by atomic mass is 16.5. The van der Waals surface area contributed by atoms with Crippen molar-refractivity contribution in [2.75, 3.05) is 6.54 Å². The number of ether oxygens (including phenoxy) is 1. The number of pyridine rings is 1. The molecule has 6 heteroatoms. The third kappa shape index (κ3) is 4.91. The maximum absolute atomic E-state index is 11.8. The minimum Gasteiger partial charge on any atom is -0.487 e. The molecule has 21 heavy (non-hydrogen) atoms. The largest absolute Gasteiger partial charge is 0.487 e. The number of carbonyl (C=O) groups excluding carboxylic acids is 1. The number of aryl methyl sites for hydroxylation is 2. The monoisotopic (exact) mass is 288 g/mol. The van der Waals surface area contributed by atoms with E-state index in [4.69, 9.17) is 4.74 Å². The summed E-state index contributed by atoms with van der Waals surface area (Å²) < 4.78 is 7.60. The number of imidazole rings is 1. The molecule has 0 unspecified atom stereocenters. The predicted molar refractivity (Wildman–Crippen MR) is 78.9 cm³/mol. The molecule has 2 aromatic heterocycles. The number of rotatable bonds is 7. The Morgan fingerprint density at radius 3 is 3.00 bits per heavy atom. The van der Waals surface area contributed by atoms with E-state index >= 15 is 0 Å². The second-order valence-electron chi connectivity index (χ2n) is 4.84. The van der Waals surface area contributed by atoms with E-state index in [2.05, 4.69) is 15.3 Å². The van der Waals surface area contributed by atoms with Gasteiger partial charge in [0, 0.05) is 31.6 Å². The Kier molecular flexibility index (Phi) is 5.31. The number of hydrogen-bond acceptors (Lipinski definition) is 4. The van der Waals surface area contributed by atoms with Crippen molar-refractivity contribution >= 4 is 5.91 Å². The average Bonchev–Trinajstić information content (AvgIpc) is 2.89. The van der Waals surface area contributed by atoms with Gasteiger partial charge in [-0.05, 0) is 26.0 Å². The molecule has 0 aromatic carbocycles.